The maximum absolute atomic E-state index is 10.8. The smallest absolute Gasteiger partial charge is 0.311 e. The van der Waals surface area contributed by atoms with E-state index in [9.17, 15) is 10.1 Å². The monoisotopic (exact) mass is 288 g/mol. The van der Waals surface area contributed by atoms with Crippen molar-refractivity contribution in [3.63, 3.8) is 0 Å². The van der Waals surface area contributed by atoms with Crippen LogP contribution in [-0.4, -0.2) is 18.6 Å². The normalized spacial score (nSPS) is 10.2. The molecule has 0 bridgehead atoms. The molecule has 6 heteroatoms. The topological polar surface area (TPSA) is 87.6 Å². The van der Waals surface area contributed by atoms with Crippen LogP contribution in [-0.2, 0) is 6.42 Å². The molecule has 0 aliphatic heterocycles. The fraction of sp³-hybridized carbons (Fsp3) is 0.200. The number of nitro groups is 1. The van der Waals surface area contributed by atoms with E-state index in [0.29, 0.717) is 18.0 Å². The van der Waals surface area contributed by atoms with E-state index in [1.165, 1.54) is 25.3 Å². The van der Waals surface area contributed by atoms with Crippen LogP contribution in [0.2, 0.25) is 0 Å². The standard InChI is InChI=1S/C15H16N2O4/c1-20-15-10-13(6-7-14(15)17(18)19)21-12-4-2-11(3-5-12)8-9-16/h2-7,10H,8-9,16H2,1H3. The summed E-state index contributed by atoms with van der Waals surface area (Å²) in [6.07, 6.45) is 0.811. The highest BCUT2D eigenvalue weighted by molar-refractivity contribution is 5.51. The van der Waals surface area contributed by atoms with Crippen LogP contribution < -0.4 is 15.2 Å². The van der Waals surface area contributed by atoms with Gasteiger partial charge < -0.3 is 15.2 Å². The number of ether oxygens (including phenoxy) is 2. The van der Waals surface area contributed by atoms with E-state index in [4.69, 9.17) is 15.2 Å². The Morgan fingerprint density at radius 2 is 1.81 bits per heavy atom. The molecule has 0 unspecified atom stereocenters. The van der Waals surface area contributed by atoms with E-state index in [0.717, 1.165) is 12.0 Å². The van der Waals surface area contributed by atoms with Gasteiger partial charge in [0, 0.05) is 12.1 Å². The number of benzene rings is 2. The van der Waals surface area contributed by atoms with Crippen LogP contribution >= 0.6 is 0 Å². The molecule has 6 nitrogen and oxygen atoms in total. The molecule has 0 spiro atoms. The van der Waals surface area contributed by atoms with Gasteiger partial charge in [0.2, 0.25) is 5.75 Å². The molecule has 110 valence electrons. The van der Waals surface area contributed by atoms with Gasteiger partial charge in [-0.15, -0.1) is 0 Å². The number of nitro benzene ring substituents is 1. The second kappa shape index (κ2) is 6.71. The quantitative estimate of drug-likeness (QED) is 0.652. The Hall–Kier alpha value is -2.60. The molecule has 21 heavy (non-hydrogen) atoms. The molecule has 0 aliphatic rings. The largest absolute Gasteiger partial charge is 0.490 e. The lowest BCUT2D eigenvalue weighted by Crippen LogP contribution is -2.02. The van der Waals surface area contributed by atoms with Gasteiger partial charge in [0.15, 0.2) is 0 Å². The van der Waals surface area contributed by atoms with E-state index in [1.54, 1.807) is 0 Å². The summed E-state index contributed by atoms with van der Waals surface area (Å²) >= 11 is 0. The first-order valence-corrected chi connectivity index (χ1v) is 6.43. The van der Waals surface area contributed by atoms with Gasteiger partial charge in [0.25, 0.3) is 0 Å². The minimum atomic E-state index is -0.496. The van der Waals surface area contributed by atoms with Crippen molar-refractivity contribution in [2.75, 3.05) is 13.7 Å². The molecule has 0 amide bonds. The van der Waals surface area contributed by atoms with Crippen molar-refractivity contribution in [1.82, 2.24) is 0 Å². The second-order valence-electron chi connectivity index (χ2n) is 4.38. The summed E-state index contributed by atoms with van der Waals surface area (Å²) in [5.41, 5.74) is 6.53. The molecule has 0 saturated carbocycles. The molecule has 0 radical (unpaired) electrons. The van der Waals surface area contributed by atoms with E-state index < -0.39 is 4.92 Å². The lowest BCUT2D eigenvalue weighted by Gasteiger charge is -2.08. The number of nitrogens with zero attached hydrogens (tertiary/aromatic N) is 1. The van der Waals surface area contributed by atoms with E-state index in [-0.39, 0.29) is 11.4 Å². The fourth-order valence-corrected chi connectivity index (χ4v) is 1.90. The maximum atomic E-state index is 10.8. The molecule has 0 saturated heterocycles. The first-order valence-electron chi connectivity index (χ1n) is 6.43. The van der Waals surface area contributed by atoms with Crippen molar-refractivity contribution in [2.24, 2.45) is 5.73 Å². The van der Waals surface area contributed by atoms with Gasteiger partial charge in [0.1, 0.15) is 11.5 Å². The van der Waals surface area contributed by atoms with E-state index in [1.807, 2.05) is 24.3 Å². The average molecular weight is 288 g/mol. The third kappa shape index (κ3) is 3.70. The zero-order valence-electron chi connectivity index (χ0n) is 11.6. The summed E-state index contributed by atoms with van der Waals surface area (Å²) in [4.78, 5) is 10.3. The summed E-state index contributed by atoms with van der Waals surface area (Å²) in [5, 5.41) is 10.8. The Morgan fingerprint density at radius 3 is 2.38 bits per heavy atom. The van der Waals surface area contributed by atoms with Crippen LogP contribution in [0.25, 0.3) is 0 Å². The predicted octanol–water partition coefficient (Wildman–Crippen LogP) is 2.90. The number of nitrogens with two attached hydrogens (primary N) is 1. The molecule has 0 heterocycles. The molecular formula is C15H16N2O4. The van der Waals surface area contributed by atoms with E-state index in [2.05, 4.69) is 0 Å². The third-order valence-corrected chi connectivity index (χ3v) is 2.94. The summed E-state index contributed by atoms with van der Waals surface area (Å²) in [7, 11) is 1.38. The summed E-state index contributed by atoms with van der Waals surface area (Å²) < 4.78 is 10.7. The summed E-state index contributed by atoms with van der Waals surface area (Å²) in [5.74, 6) is 1.29. The molecule has 0 aliphatic carbocycles. The summed E-state index contributed by atoms with van der Waals surface area (Å²) in [6, 6.07) is 11.9. The Labute approximate surface area is 122 Å². The molecule has 2 aromatic carbocycles. The Bertz CT molecular complexity index is 626. The Kier molecular flexibility index (Phi) is 4.73. The Balaban J connectivity index is 2.17. The summed E-state index contributed by atoms with van der Waals surface area (Å²) in [6.45, 7) is 0.597. The zero-order chi connectivity index (χ0) is 15.2. The lowest BCUT2D eigenvalue weighted by atomic mass is 10.1. The van der Waals surface area contributed by atoms with Crippen molar-refractivity contribution in [1.29, 1.82) is 0 Å². The van der Waals surface area contributed by atoms with Crippen LogP contribution in [0.1, 0.15) is 5.56 Å². The lowest BCUT2D eigenvalue weighted by molar-refractivity contribution is -0.385. The minimum absolute atomic E-state index is 0.0943. The highest BCUT2D eigenvalue weighted by Crippen LogP contribution is 2.32. The molecular weight excluding hydrogens is 272 g/mol. The van der Waals surface area contributed by atoms with Crippen LogP contribution in [0.5, 0.6) is 17.2 Å². The minimum Gasteiger partial charge on any atom is -0.490 e. The number of methoxy groups -OCH3 is 1. The average Bonchev–Trinajstić information content (AvgIpc) is 2.49. The van der Waals surface area contributed by atoms with Crippen LogP contribution in [0.4, 0.5) is 5.69 Å². The fourth-order valence-electron chi connectivity index (χ4n) is 1.90. The Morgan fingerprint density at radius 1 is 1.14 bits per heavy atom. The van der Waals surface area contributed by atoms with Gasteiger partial charge in [-0.05, 0) is 36.7 Å². The second-order valence-corrected chi connectivity index (χ2v) is 4.38. The van der Waals surface area contributed by atoms with Gasteiger partial charge >= 0.3 is 5.69 Å². The van der Waals surface area contributed by atoms with Crippen LogP contribution in [0, 0.1) is 10.1 Å². The molecule has 2 rings (SSSR count). The predicted molar refractivity (Wildman–Crippen MR) is 78.9 cm³/mol. The van der Waals surface area contributed by atoms with Crippen molar-refractivity contribution >= 4 is 5.69 Å². The molecule has 0 atom stereocenters. The first-order chi connectivity index (χ1) is 10.1. The number of hydrogen-bond acceptors (Lipinski definition) is 5. The third-order valence-electron chi connectivity index (χ3n) is 2.94. The van der Waals surface area contributed by atoms with Crippen LogP contribution in [0.3, 0.4) is 0 Å². The highest BCUT2D eigenvalue weighted by Gasteiger charge is 2.15. The maximum Gasteiger partial charge on any atom is 0.311 e. The van der Waals surface area contributed by atoms with E-state index >= 15 is 0 Å². The van der Waals surface area contributed by atoms with Crippen molar-refractivity contribution in [2.45, 2.75) is 6.42 Å². The van der Waals surface area contributed by atoms with Gasteiger partial charge in [0.05, 0.1) is 12.0 Å². The van der Waals surface area contributed by atoms with Crippen LogP contribution in [0.15, 0.2) is 42.5 Å². The highest BCUT2D eigenvalue weighted by atomic mass is 16.6. The number of rotatable bonds is 6. The number of hydrogen-bond donors (Lipinski definition) is 1. The molecule has 2 aromatic rings. The van der Waals surface area contributed by atoms with Gasteiger partial charge in [-0.25, -0.2) is 0 Å². The molecule has 0 aromatic heterocycles. The first kappa shape index (κ1) is 14.8. The van der Waals surface area contributed by atoms with Gasteiger partial charge in [-0.2, -0.15) is 0 Å². The van der Waals surface area contributed by atoms with Gasteiger partial charge in [-0.3, -0.25) is 10.1 Å². The molecule has 0 fully saturated rings. The molecule has 2 N–H and O–H groups in total. The van der Waals surface area contributed by atoms with Crippen molar-refractivity contribution in [3.05, 3.63) is 58.1 Å². The SMILES string of the molecule is COc1cc(Oc2ccc(CCN)cc2)ccc1[N+](=O)[O-]. The van der Waals surface area contributed by atoms with Gasteiger partial charge in [-0.1, -0.05) is 12.1 Å². The zero-order valence-corrected chi connectivity index (χ0v) is 11.6. The van der Waals surface area contributed by atoms with Crippen molar-refractivity contribution < 1.29 is 14.4 Å². The van der Waals surface area contributed by atoms with Crippen molar-refractivity contribution in [3.8, 4) is 17.2 Å².